The first-order chi connectivity index (χ1) is 18.2. The van der Waals surface area contributed by atoms with E-state index in [1.165, 1.54) is 36.2 Å². The second-order valence-electron chi connectivity index (χ2n) is 7.95. The Morgan fingerprint density at radius 3 is 2.53 bits per heavy atom. The third kappa shape index (κ3) is 6.20. The fourth-order valence-electron chi connectivity index (χ4n) is 3.35. The first-order valence-electron chi connectivity index (χ1n) is 11.1. The van der Waals surface area contributed by atoms with Crippen molar-refractivity contribution < 1.29 is 27.8 Å². The lowest BCUT2D eigenvalue weighted by molar-refractivity contribution is -0.119. The number of aromatic amines is 1. The number of hydrogen-bond acceptors (Lipinski definition) is 6. The van der Waals surface area contributed by atoms with Crippen molar-refractivity contribution in [3.8, 4) is 17.2 Å². The van der Waals surface area contributed by atoms with Crippen molar-refractivity contribution in [1.82, 2.24) is 14.8 Å². The van der Waals surface area contributed by atoms with Crippen LogP contribution in [0, 0.1) is 18.6 Å². The molecule has 0 unspecified atom stereocenters. The second kappa shape index (κ2) is 11.3. The summed E-state index contributed by atoms with van der Waals surface area (Å²) in [5.74, 6) is -3.50. The van der Waals surface area contributed by atoms with Gasteiger partial charge >= 0.3 is 6.03 Å². The molecule has 13 heteroatoms. The van der Waals surface area contributed by atoms with Crippen LogP contribution in [0.1, 0.15) is 5.56 Å². The highest BCUT2D eigenvalue weighted by atomic mass is 19.2. The third-order valence-corrected chi connectivity index (χ3v) is 5.06. The summed E-state index contributed by atoms with van der Waals surface area (Å²) in [4.78, 5) is 40.4. The van der Waals surface area contributed by atoms with Crippen LogP contribution in [0.4, 0.5) is 30.9 Å². The van der Waals surface area contributed by atoms with Gasteiger partial charge in [-0.25, -0.2) is 18.9 Å². The lowest BCUT2D eigenvalue weighted by Gasteiger charge is -2.15. The van der Waals surface area contributed by atoms with E-state index >= 15 is 0 Å². The van der Waals surface area contributed by atoms with Crippen LogP contribution in [0.3, 0.4) is 0 Å². The summed E-state index contributed by atoms with van der Waals surface area (Å²) in [6.45, 7) is 1.69. The molecule has 4 aromatic rings. The van der Waals surface area contributed by atoms with Crippen molar-refractivity contribution in [2.75, 3.05) is 29.7 Å². The minimum Gasteiger partial charge on any atom is -0.452 e. The number of H-pyrrole nitrogens is 1. The number of urea groups is 1. The van der Waals surface area contributed by atoms with Crippen molar-refractivity contribution in [3.63, 3.8) is 0 Å². The predicted octanol–water partition coefficient (Wildman–Crippen LogP) is 4.17. The van der Waals surface area contributed by atoms with Crippen LogP contribution in [0.15, 0.2) is 65.6 Å². The topological polar surface area (TPSA) is 139 Å². The fourth-order valence-corrected chi connectivity index (χ4v) is 3.35. The van der Waals surface area contributed by atoms with Crippen LogP contribution in [0.5, 0.6) is 11.5 Å². The first-order valence-corrected chi connectivity index (χ1v) is 11.1. The first kappa shape index (κ1) is 26.0. The molecular weight excluding hydrogens is 502 g/mol. The zero-order valence-electron chi connectivity index (χ0n) is 20.2. The predicted molar refractivity (Wildman–Crippen MR) is 135 cm³/mol. The van der Waals surface area contributed by atoms with Gasteiger partial charge in [0.05, 0.1) is 11.4 Å². The highest BCUT2D eigenvalue weighted by molar-refractivity contribution is 6.00. The minimum atomic E-state index is -1.36. The maximum atomic E-state index is 14.7. The SMILES string of the molecule is COCC(=O)Nc1cc(Oc2c(NC(=O)Nc3cc(=O)[nH]n3-c3ccc(C)cc3)ccc(F)c2F)ccn1. The highest BCUT2D eigenvalue weighted by Crippen LogP contribution is 2.34. The van der Waals surface area contributed by atoms with Crippen LogP contribution in [-0.4, -0.2) is 40.4 Å². The van der Waals surface area contributed by atoms with E-state index in [0.29, 0.717) is 5.69 Å². The number of hydrogen-bond donors (Lipinski definition) is 4. The molecule has 2 heterocycles. The summed E-state index contributed by atoms with van der Waals surface area (Å²) in [6, 6.07) is 12.0. The number of ether oxygens (including phenoxy) is 2. The summed E-state index contributed by atoms with van der Waals surface area (Å²) < 4.78 is 40.4. The number of rotatable bonds is 8. The summed E-state index contributed by atoms with van der Waals surface area (Å²) >= 11 is 0. The zero-order chi connectivity index (χ0) is 27.2. The number of nitrogens with zero attached hydrogens (tertiary/aromatic N) is 2. The normalized spacial score (nSPS) is 10.6. The monoisotopic (exact) mass is 524 g/mol. The number of anilines is 3. The van der Waals surface area contributed by atoms with Crippen molar-refractivity contribution in [2.24, 2.45) is 0 Å². The van der Waals surface area contributed by atoms with Gasteiger partial charge in [0.15, 0.2) is 11.6 Å². The molecule has 2 aromatic heterocycles. The Balaban J connectivity index is 1.55. The number of amides is 3. The van der Waals surface area contributed by atoms with Crippen LogP contribution in [0.2, 0.25) is 0 Å². The van der Waals surface area contributed by atoms with Crippen molar-refractivity contribution in [3.05, 3.63) is 88.3 Å². The molecule has 0 saturated heterocycles. The van der Waals surface area contributed by atoms with Crippen molar-refractivity contribution in [1.29, 1.82) is 0 Å². The van der Waals surface area contributed by atoms with E-state index in [9.17, 15) is 23.2 Å². The van der Waals surface area contributed by atoms with Crippen molar-refractivity contribution >= 4 is 29.3 Å². The molecule has 11 nitrogen and oxygen atoms in total. The molecule has 0 aliphatic carbocycles. The standard InChI is InChI=1S/C25H22F2N6O5/c1-14-3-5-15(6-4-14)33-20(12-21(34)32-33)31-25(36)29-18-8-7-17(26)23(27)24(18)38-16-9-10-28-19(11-16)30-22(35)13-37-2/h3-12H,13H2,1-2H3,(H,32,34)(H,28,30,35)(H2,29,31,36). The Hall–Kier alpha value is -5.04. The van der Waals surface area contributed by atoms with Gasteiger partial charge in [-0.15, -0.1) is 0 Å². The van der Waals surface area contributed by atoms with Gasteiger partial charge in [0.25, 0.3) is 11.5 Å². The molecule has 0 saturated carbocycles. The number of methoxy groups -OCH3 is 1. The molecule has 4 rings (SSSR count). The zero-order valence-corrected chi connectivity index (χ0v) is 20.2. The van der Waals surface area contributed by atoms with Crippen LogP contribution in [0.25, 0.3) is 5.69 Å². The van der Waals surface area contributed by atoms with E-state index in [-0.39, 0.29) is 29.7 Å². The lowest BCUT2D eigenvalue weighted by atomic mass is 10.2. The average molecular weight is 524 g/mol. The van der Waals surface area contributed by atoms with Gasteiger partial charge in [0.2, 0.25) is 5.82 Å². The van der Waals surface area contributed by atoms with Crippen LogP contribution < -0.4 is 26.2 Å². The maximum absolute atomic E-state index is 14.7. The molecule has 0 fully saturated rings. The number of aromatic nitrogens is 3. The van der Waals surface area contributed by atoms with E-state index in [0.717, 1.165) is 17.7 Å². The van der Waals surface area contributed by atoms with Gasteiger partial charge in [-0.1, -0.05) is 17.7 Å². The molecule has 196 valence electrons. The fraction of sp³-hybridized carbons (Fsp3) is 0.120. The Labute approximate surface area is 214 Å². The lowest BCUT2D eigenvalue weighted by Crippen LogP contribution is -2.22. The van der Waals surface area contributed by atoms with E-state index in [4.69, 9.17) is 9.47 Å². The molecule has 0 radical (unpaired) electrons. The smallest absolute Gasteiger partial charge is 0.324 e. The molecule has 0 spiro atoms. The van der Waals surface area contributed by atoms with Crippen molar-refractivity contribution in [2.45, 2.75) is 6.92 Å². The Kier molecular flexibility index (Phi) is 7.77. The summed E-state index contributed by atoms with van der Waals surface area (Å²) in [5.41, 5.74) is 0.905. The second-order valence-corrected chi connectivity index (χ2v) is 7.95. The van der Waals surface area contributed by atoms with E-state index in [2.05, 4.69) is 26.0 Å². The number of benzene rings is 2. The summed E-state index contributed by atoms with van der Waals surface area (Å²) in [7, 11) is 1.35. The van der Waals surface area contributed by atoms with Gasteiger partial charge in [-0.05, 0) is 37.3 Å². The minimum absolute atomic E-state index is 0.000445. The molecule has 3 amide bonds. The molecule has 0 aliphatic rings. The number of pyridine rings is 1. The van der Waals surface area contributed by atoms with Gasteiger partial charge in [0.1, 0.15) is 24.0 Å². The average Bonchev–Trinajstić information content (AvgIpc) is 3.24. The van der Waals surface area contributed by atoms with E-state index in [1.807, 2.05) is 19.1 Å². The molecular formula is C25H22F2N6O5. The highest BCUT2D eigenvalue weighted by Gasteiger charge is 2.19. The molecule has 0 bridgehead atoms. The third-order valence-electron chi connectivity index (χ3n) is 5.06. The number of nitrogens with one attached hydrogen (secondary N) is 4. The van der Waals surface area contributed by atoms with Gasteiger partial charge in [-0.2, -0.15) is 4.39 Å². The molecule has 4 N–H and O–H groups in total. The Morgan fingerprint density at radius 2 is 1.79 bits per heavy atom. The van der Waals surface area contributed by atoms with Gasteiger partial charge in [-0.3, -0.25) is 20.0 Å². The van der Waals surface area contributed by atoms with Gasteiger partial charge < -0.3 is 20.1 Å². The number of carbonyl (C=O) groups is 2. The molecule has 0 aliphatic heterocycles. The summed E-state index contributed by atoms with van der Waals surface area (Å²) in [6.07, 6.45) is 1.28. The van der Waals surface area contributed by atoms with Crippen LogP contribution in [-0.2, 0) is 9.53 Å². The van der Waals surface area contributed by atoms with Gasteiger partial charge in [0, 0.05) is 25.4 Å². The Bertz CT molecular complexity index is 1530. The largest absolute Gasteiger partial charge is 0.452 e. The summed E-state index contributed by atoms with van der Waals surface area (Å²) in [5, 5.41) is 9.93. The molecule has 38 heavy (non-hydrogen) atoms. The quantitative estimate of drug-likeness (QED) is 0.273. The molecule has 2 aromatic carbocycles. The van der Waals surface area contributed by atoms with E-state index < -0.39 is 34.9 Å². The number of carbonyl (C=O) groups excluding carboxylic acids is 2. The maximum Gasteiger partial charge on any atom is 0.324 e. The van der Waals surface area contributed by atoms with Crippen LogP contribution >= 0.6 is 0 Å². The van der Waals surface area contributed by atoms with E-state index in [1.54, 1.807) is 12.1 Å². The number of aryl methyl sites for hydroxylation is 1. The molecule has 0 atom stereocenters. The number of halogens is 2. The Morgan fingerprint density at radius 1 is 1.03 bits per heavy atom.